The van der Waals surface area contributed by atoms with E-state index in [1.807, 2.05) is 13.8 Å². The summed E-state index contributed by atoms with van der Waals surface area (Å²) in [5, 5.41) is 22.2. The van der Waals surface area contributed by atoms with Gasteiger partial charge in [-0.25, -0.2) is 0 Å². The molecule has 0 aromatic rings. The van der Waals surface area contributed by atoms with Crippen LogP contribution in [0.5, 0.6) is 0 Å². The first kappa shape index (κ1) is 12.9. The first-order valence-electron chi connectivity index (χ1n) is 6.05. The quantitative estimate of drug-likeness (QED) is 0.645. The molecule has 3 N–H and O–H groups in total. The molecule has 1 saturated carbocycles. The van der Waals surface area contributed by atoms with E-state index >= 15 is 0 Å². The molecule has 2 atom stereocenters. The fraction of sp³-hybridized carbons (Fsp3) is 1.00. The van der Waals surface area contributed by atoms with E-state index in [1.54, 1.807) is 0 Å². The predicted octanol–water partition coefficient (Wildman–Crippen LogP) is 1.15. The molecule has 2 unspecified atom stereocenters. The molecule has 0 amide bonds. The molecule has 1 aliphatic carbocycles. The summed E-state index contributed by atoms with van der Waals surface area (Å²) in [7, 11) is 0. The minimum absolute atomic E-state index is 0.0559. The van der Waals surface area contributed by atoms with Gasteiger partial charge in [-0.15, -0.1) is 0 Å². The summed E-state index contributed by atoms with van der Waals surface area (Å²) >= 11 is 0. The lowest BCUT2D eigenvalue weighted by Gasteiger charge is -2.29. The van der Waals surface area contributed by atoms with E-state index < -0.39 is 0 Å². The normalized spacial score (nSPS) is 28.0. The van der Waals surface area contributed by atoms with Gasteiger partial charge < -0.3 is 15.5 Å². The lowest BCUT2D eigenvalue weighted by Crippen LogP contribution is -2.39. The van der Waals surface area contributed by atoms with Crippen molar-refractivity contribution in [3.8, 4) is 0 Å². The Morgan fingerprint density at radius 3 is 2.53 bits per heavy atom. The maximum Gasteiger partial charge on any atom is 0.0580 e. The van der Waals surface area contributed by atoms with Gasteiger partial charge in [0.25, 0.3) is 0 Å². The van der Waals surface area contributed by atoms with Crippen LogP contribution in [0.4, 0.5) is 0 Å². The third kappa shape index (κ3) is 4.49. The SMILES string of the molecule is CC(C)(CO)CNCC1CCCCC1O. The number of hydrogen-bond acceptors (Lipinski definition) is 3. The second-order valence-electron chi connectivity index (χ2n) is 5.57. The van der Waals surface area contributed by atoms with E-state index in [9.17, 15) is 5.11 Å². The zero-order chi connectivity index (χ0) is 11.3. The van der Waals surface area contributed by atoms with Crippen molar-refractivity contribution in [1.29, 1.82) is 0 Å². The van der Waals surface area contributed by atoms with Gasteiger partial charge in [-0.05, 0) is 18.8 Å². The van der Waals surface area contributed by atoms with E-state index in [2.05, 4.69) is 5.32 Å². The Hall–Kier alpha value is -0.120. The average Bonchev–Trinajstić information content (AvgIpc) is 2.21. The molecule has 90 valence electrons. The Morgan fingerprint density at radius 1 is 1.27 bits per heavy atom. The van der Waals surface area contributed by atoms with Gasteiger partial charge in [-0.1, -0.05) is 26.7 Å². The molecule has 1 fully saturated rings. The smallest absolute Gasteiger partial charge is 0.0580 e. The molecule has 15 heavy (non-hydrogen) atoms. The first-order valence-corrected chi connectivity index (χ1v) is 6.05. The molecule has 3 nitrogen and oxygen atoms in total. The van der Waals surface area contributed by atoms with E-state index in [-0.39, 0.29) is 18.1 Å². The van der Waals surface area contributed by atoms with Gasteiger partial charge >= 0.3 is 0 Å². The summed E-state index contributed by atoms with van der Waals surface area (Å²) in [6.07, 6.45) is 4.37. The van der Waals surface area contributed by atoms with E-state index in [1.165, 1.54) is 12.8 Å². The van der Waals surface area contributed by atoms with Gasteiger partial charge in [-0.2, -0.15) is 0 Å². The van der Waals surface area contributed by atoms with Crippen LogP contribution in [0.25, 0.3) is 0 Å². The number of nitrogens with one attached hydrogen (secondary N) is 1. The maximum atomic E-state index is 9.77. The molecule has 1 aliphatic rings. The summed E-state index contributed by atoms with van der Waals surface area (Å²) in [6, 6.07) is 0. The van der Waals surface area contributed by atoms with Crippen LogP contribution < -0.4 is 5.32 Å². The van der Waals surface area contributed by atoms with Crippen LogP contribution in [-0.2, 0) is 0 Å². The lowest BCUT2D eigenvalue weighted by atomic mass is 9.86. The topological polar surface area (TPSA) is 52.5 Å². The summed E-state index contributed by atoms with van der Waals surface area (Å²) in [5.74, 6) is 0.410. The molecule has 1 rings (SSSR count). The highest BCUT2D eigenvalue weighted by Gasteiger charge is 2.23. The van der Waals surface area contributed by atoms with Crippen molar-refractivity contribution in [1.82, 2.24) is 5.32 Å². The van der Waals surface area contributed by atoms with Crippen molar-refractivity contribution in [2.24, 2.45) is 11.3 Å². The van der Waals surface area contributed by atoms with Crippen molar-refractivity contribution in [2.75, 3.05) is 19.7 Å². The Balaban J connectivity index is 2.19. The molecule has 3 heteroatoms. The molecule has 0 bridgehead atoms. The highest BCUT2D eigenvalue weighted by atomic mass is 16.3. The van der Waals surface area contributed by atoms with Gasteiger partial charge in [0.1, 0.15) is 0 Å². The van der Waals surface area contributed by atoms with Crippen molar-refractivity contribution < 1.29 is 10.2 Å². The van der Waals surface area contributed by atoms with Crippen molar-refractivity contribution >= 4 is 0 Å². The summed E-state index contributed by atoms with van der Waals surface area (Å²) in [4.78, 5) is 0. The summed E-state index contributed by atoms with van der Waals surface area (Å²) < 4.78 is 0. The van der Waals surface area contributed by atoms with Crippen LogP contribution >= 0.6 is 0 Å². The molecule has 0 saturated heterocycles. The molecule has 0 aliphatic heterocycles. The third-order valence-electron chi connectivity index (χ3n) is 3.31. The number of rotatable bonds is 5. The van der Waals surface area contributed by atoms with E-state index in [0.717, 1.165) is 25.9 Å². The minimum Gasteiger partial charge on any atom is -0.396 e. The molecule has 0 aromatic heterocycles. The molecule has 0 spiro atoms. The van der Waals surface area contributed by atoms with Crippen molar-refractivity contribution in [2.45, 2.75) is 45.6 Å². The molecule has 0 radical (unpaired) electrons. The summed E-state index contributed by atoms with van der Waals surface area (Å²) in [5.41, 5.74) is -0.0559. The fourth-order valence-electron chi connectivity index (χ4n) is 2.08. The van der Waals surface area contributed by atoms with E-state index in [0.29, 0.717) is 5.92 Å². The molecule has 0 heterocycles. The van der Waals surface area contributed by atoms with Gasteiger partial charge in [0, 0.05) is 25.1 Å². The molecular weight excluding hydrogens is 190 g/mol. The third-order valence-corrected chi connectivity index (χ3v) is 3.31. The van der Waals surface area contributed by atoms with Crippen LogP contribution in [0.15, 0.2) is 0 Å². The zero-order valence-electron chi connectivity index (χ0n) is 10.00. The van der Waals surface area contributed by atoms with Crippen molar-refractivity contribution in [3.63, 3.8) is 0 Å². The van der Waals surface area contributed by atoms with Gasteiger partial charge in [-0.3, -0.25) is 0 Å². The molecular formula is C12H25NO2. The Bertz CT molecular complexity index is 182. The Morgan fingerprint density at radius 2 is 1.93 bits per heavy atom. The lowest BCUT2D eigenvalue weighted by molar-refractivity contribution is 0.0665. The van der Waals surface area contributed by atoms with Crippen LogP contribution in [0.2, 0.25) is 0 Å². The fourth-order valence-corrected chi connectivity index (χ4v) is 2.08. The number of aliphatic hydroxyl groups excluding tert-OH is 2. The van der Waals surface area contributed by atoms with Gasteiger partial charge in [0.05, 0.1) is 6.10 Å². The summed E-state index contributed by atoms with van der Waals surface area (Å²) in [6.45, 7) is 5.97. The van der Waals surface area contributed by atoms with Gasteiger partial charge in [0.2, 0.25) is 0 Å². The van der Waals surface area contributed by atoms with Crippen LogP contribution in [0, 0.1) is 11.3 Å². The Kier molecular flexibility index (Phi) is 5.03. The van der Waals surface area contributed by atoms with Crippen LogP contribution in [-0.4, -0.2) is 36.0 Å². The largest absolute Gasteiger partial charge is 0.396 e. The van der Waals surface area contributed by atoms with Crippen molar-refractivity contribution in [3.05, 3.63) is 0 Å². The van der Waals surface area contributed by atoms with Crippen LogP contribution in [0.3, 0.4) is 0 Å². The monoisotopic (exact) mass is 215 g/mol. The second-order valence-corrected chi connectivity index (χ2v) is 5.57. The second kappa shape index (κ2) is 5.83. The standard InChI is InChI=1S/C12H25NO2/c1-12(2,9-14)8-13-7-10-5-3-4-6-11(10)15/h10-11,13-15H,3-9H2,1-2H3. The van der Waals surface area contributed by atoms with E-state index in [4.69, 9.17) is 5.11 Å². The predicted molar refractivity (Wildman–Crippen MR) is 61.7 cm³/mol. The highest BCUT2D eigenvalue weighted by Crippen LogP contribution is 2.23. The maximum absolute atomic E-state index is 9.77. The number of aliphatic hydroxyl groups is 2. The van der Waals surface area contributed by atoms with Crippen LogP contribution in [0.1, 0.15) is 39.5 Å². The van der Waals surface area contributed by atoms with Gasteiger partial charge in [0.15, 0.2) is 0 Å². The minimum atomic E-state index is -0.122. The number of hydrogen-bond donors (Lipinski definition) is 3. The molecule has 0 aromatic carbocycles. The highest BCUT2D eigenvalue weighted by molar-refractivity contribution is 4.78. The first-order chi connectivity index (χ1) is 7.05. The Labute approximate surface area is 92.9 Å². The zero-order valence-corrected chi connectivity index (χ0v) is 10.00. The average molecular weight is 215 g/mol.